The normalized spacial score (nSPS) is 10.3. The van der Waals surface area contributed by atoms with Crippen LogP contribution >= 0.6 is 0 Å². The van der Waals surface area contributed by atoms with Crippen LogP contribution in [0.25, 0.3) is 11.1 Å². The number of hydrogen-bond acceptors (Lipinski definition) is 3. The zero-order valence-corrected chi connectivity index (χ0v) is 7.86. The molecule has 0 saturated heterocycles. The van der Waals surface area contributed by atoms with Crippen molar-refractivity contribution in [2.45, 2.75) is 0 Å². The fourth-order valence-electron chi connectivity index (χ4n) is 1.36. The Morgan fingerprint density at radius 3 is 2.81 bits per heavy atom. The molecule has 5 nitrogen and oxygen atoms in total. The number of aromatic nitrogens is 1. The number of aromatic carboxylic acids is 1. The maximum Gasteiger partial charge on any atom is 0.365 e. The minimum atomic E-state index is -1.34. The van der Waals surface area contributed by atoms with Crippen molar-refractivity contribution in [2.75, 3.05) is 0 Å². The second-order valence-corrected chi connectivity index (χ2v) is 3.06. The molecule has 0 bridgehead atoms. The molecule has 2 aromatic rings. The number of aromatic amines is 1. The van der Waals surface area contributed by atoms with Crippen LogP contribution in [0.15, 0.2) is 33.6 Å². The Balaban J connectivity index is 2.68. The molecule has 0 saturated carbocycles. The number of hydrogen-bond donors (Lipinski definition) is 2. The first kappa shape index (κ1) is 10.2. The average Bonchev–Trinajstić information content (AvgIpc) is 2.60. The predicted octanol–water partition coefficient (Wildman–Crippen LogP) is 1.47. The Labute approximate surface area is 88.1 Å². The Hall–Kier alpha value is -2.37. The van der Waals surface area contributed by atoms with Crippen molar-refractivity contribution >= 4 is 5.97 Å². The molecule has 0 amide bonds. The van der Waals surface area contributed by atoms with Crippen LogP contribution < -0.4 is 5.63 Å². The lowest BCUT2D eigenvalue weighted by Gasteiger charge is -1.97. The molecule has 1 aromatic carbocycles. The second-order valence-electron chi connectivity index (χ2n) is 3.06. The van der Waals surface area contributed by atoms with Crippen molar-refractivity contribution in [3.8, 4) is 11.1 Å². The van der Waals surface area contributed by atoms with E-state index in [1.165, 1.54) is 18.2 Å². The summed E-state index contributed by atoms with van der Waals surface area (Å²) < 4.78 is 17.3. The Morgan fingerprint density at radius 1 is 1.44 bits per heavy atom. The molecule has 82 valence electrons. The quantitative estimate of drug-likeness (QED) is 0.807. The summed E-state index contributed by atoms with van der Waals surface area (Å²) in [5.74, 6) is -1.90. The van der Waals surface area contributed by atoms with Crippen LogP contribution in [0.2, 0.25) is 0 Å². The Kier molecular flexibility index (Phi) is 2.32. The van der Waals surface area contributed by atoms with Gasteiger partial charge in [-0.3, -0.25) is 0 Å². The third-order valence-corrected chi connectivity index (χ3v) is 2.03. The molecule has 0 aliphatic heterocycles. The summed E-state index contributed by atoms with van der Waals surface area (Å²) in [7, 11) is 0. The highest BCUT2D eigenvalue weighted by Gasteiger charge is 2.19. The van der Waals surface area contributed by atoms with Gasteiger partial charge in [-0.15, -0.1) is 0 Å². The van der Waals surface area contributed by atoms with Crippen LogP contribution in [0.3, 0.4) is 0 Å². The summed E-state index contributed by atoms with van der Waals surface area (Å²) in [5.41, 5.74) is -1.27. The van der Waals surface area contributed by atoms with Crippen molar-refractivity contribution in [3.05, 3.63) is 46.2 Å². The molecule has 1 heterocycles. The van der Waals surface area contributed by atoms with Crippen LogP contribution in [0.1, 0.15) is 10.5 Å². The maximum atomic E-state index is 12.9. The third-order valence-electron chi connectivity index (χ3n) is 2.03. The minimum Gasteiger partial charge on any atom is -0.476 e. The van der Waals surface area contributed by atoms with Gasteiger partial charge >= 0.3 is 11.6 Å². The Morgan fingerprint density at radius 2 is 2.19 bits per heavy atom. The van der Waals surface area contributed by atoms with Crippen LogP contribution in [-0.4, -0.2) is 16.2 Å². The molecule has 0 fully saturated rings. The monoisotopic (exact) mass is 223 g/mol. The lowest BCUT2D eigenvalue weighted by molar-refractivity contribution is 0.0686. The van der Waals surface area contributed by atoms with Gasteiger partial charge in [-0.05, 0) is 17.7 Å². The van der Waals surface area contributed by atoms with Gasteiger partial charge in [0, 0.05) is 0 Å². The highest BCUT2D eigenvalue weighted by molar-refractivity contribution is 5.93. The molecule has 0 unspecified atom stereocenters. The lowest BCUT2D eigenvalue weighted by atomic mass is 10.1. The lowest BCUT2D eigenvalue weighted by Crippen LogP contribution is -2.03. The van der Waals surface area contributed by atoms with Crippen molar-refractivity contribution in [1.29, 1.82) is 0 Å². The van der Waals surface area contributed by atoms with E-state index < -0.39 is 23.1 Å². The van der Waals surface area contributed by atoms with Gasteiger partial charge in [0.25, 0.3) is 0 Å². The van der Waals surface area contributed by atoms with Gasteiger partial charge in [0.15, 0.2) is 5.69 Å². The second kappa shape index (κ2) is 3.65. The number of halogens is 1. The number of rotatable bonds is 2. The number of carboxylic acid groups (broad SMARTS) is 1. The number of benzene rings is 1. The zero-order chi connectivity index (χ0) is 11.7. The molecule has 0 radical (unpaired) electrons. The molecule has 2 rings (SSSR count). The summed E-state index contributed by atoms with van der Waals surface area (Å²) in [6.07, 6.45) is 0. The molecule has 0 atom stereocenters. The number of H-pyrrole nitrogens is 1. The van der Waals surface area contributed by atoms with E-state index in [2.05, 4.69) is 4.52 Å². The van der Waals surface area contributed by atoms with Crippen LogP contribution in [-0.2, 0) is 0 Å². The Bertz CT molecular complexity index is 599. The first-order valence-electron chi connectivity index (χ1n) is 4.30. The van der Waals surface area contributed by atoms with E-state index in [0.29, 0.717) is 0 Å². The summed E-state index contributed by atoms with van der Waals surface area (Å²) in [4.78, 5) is 22.0. The first-order chi connectivity index (χ1) is 7.59. The summed E-state index contributed by atoms with van der Waals surface area (Å²) in [6, 6.07) is 5.06. The van der Waals surface area contributed by atoms with E-state index >= 15 is 0 Å². The van der Waals surface area contributed by atoms with Crippen molar-refractivity contribution in [3.63, 3.8) is 0 Å². The average molecular weight is 223 g/mol. The molecule has 16 heavy (non-hydrogen) atoms. The van der Waals surface area contributed by atoms with Gasteiger partial charge in [0.05, 0.1) is 0 Å². The van der Waals surface area contributed by atoms with Gasteiger partial charge in [0.1, 0.15) is 11.4 Å². The van der Waals surface area contributed by atoms with Crippen LogP contribution in [0, 0.1) is 5.82 Å². The smallest absolute Gasteiger partial charge is 0.365 e. The molecule has 0 spiro atoms. The van der Waals surface area contributed by atoms with E-state index in [1.807, 2.05) is 5.16 Å². The van der Waals surface area contributed by atoms with Gasteiger partial charge in [0.2, 0.25) is 0 Å². The fourth-order valence-corrected chi connectivity index (χ4v) is 1.36. The van der Waals surface area contributed by atoms with E-state index in [-0.39, 0.29) is 11.1 Å². The largest absolute Gasteiger partial charge is 0.476 e. The van der Waals surface area contributed by atoms with Gasteiger partial charge in [-0.1, -0.05) is 12.1 Å². The summed E-state index contributed by atoms with van der Waals surface area (Å²) >= 11 is 0. The molecule has 0 aliphatic carbocycles. The SMILES string of the molecule is O=C(O)c1[nH]oc(=O)c1-c1cccc(F)c1. The fraction of sp³-hybridized carbons (Fsp3) is 0. The van der Waals surface area contributed by atoms with Gasteiger partial charge in [-0.2, -0.15) is 0 Å². The van der Waals surface area contributed by atoms with Gasteiger partial charge in [-0.25, -0.2) is 19.1 Å². The van der Waals surface area contributed by atoms with Crippen molar-refractivity contribution in [1.82, 2.24) is 5.16 Å². The van der Waals surface area contributed by atoms with Crippen molar-refractivity contribution in [2.24, 2.45) is 0 Å². The molecule has 6 heteroatoms. The highest BCUT2D eigenvalue weighted by Crippen LogP contribution is 2.19. The predicted molar refractivity (Wildman–Crippen MR) is 51.7 cm³/mol. The molecule has 2 N–H and O–H groups in total. The third kappa shape index (κ3) is 1.60. The standard InChI is InChI=1S/C10H6FNO4/c11-6-3-1-2-5(4-6)7-8(9(13)14)12-16-10(7)15/h1-4,12H,(H,13,14). The zero-order valence-electron chi connectivity index (χ0n) is 7.86. The highest BCUT2D eigenvalue weighted by atomic mass is 19.1. The van der Waals surface area contributed by atoms with E-state index in [1.54, 1.807) is 0 Å². The molecule has 1 aromatic heterocycles. The van der Waals surface area contributed by atoms with Gasteiger partial charge < -0.3 is 9.63 Å². The van der Waals surface area contributed by atoms with E-state index in [9.17, 15) is 14.0 Å². The van der Waals surface area contributed by atoms with E-state index in [4.69, 9.17) is 5.11 Å². The van der Waals surface area contributed by atoms with Crippen LogP contribution in [0.5, 0.6) is 0 Å². The number of carboxylic acids is 1. The van der Waals surface area contributed by atoms with Crippen LogP contribution in [0.4, 0.5) is 4.39 Å². The van der Waals surface area contributed by atoms with Crippen molar-refractivity contribution < 1.29 is 18.8 Å². The molecular weight excluding hydrogens is 217 g/mol. The topological polar surface area (TPSA) is 83.3 Å². The number of carbonyl (C=O) groups is 1. The molecular formula is C10H6FNO4. The summed E-state index contributed by atoms with van der Waals surface area (Å²) in [6.45, 7) is 0. The van der Waals surface area contributed by atoms with E-state index in [0.717, 1.165) is 6.07 Å². The first-order valence-corrected chi connectivity index (χ1v) is 4.30. The minimum absolute atomic E-state index is 0.160. The summed E-state index contributed by atoms with van der Waals surface area (Å²) in [5, 5.41) is 10.8. The molecule has 0 aliphatic rings. The number of nitrogens with one attached hydrogen (secondary N) is 1. The maximum absolute atomic E-state index is 12.9.